The van der Waals surface area contributed by atoms with Gasteiger partial charge in [0.15, 0.2) is 0 Å². The summed E-state index contributed by atoms with van der Waals surface area (Å²) in [5.74, 6) is -0.323. The monoisotopic (exact) mass is 286 g/mol. The molecule has 0 spiro atoms. The predicted molar refractivity (Wildman–Crippen MR) is 73.7 cm³/mol. The van der Waals surface area contributed by atoms with Crippen LogP contribution in [0.5, 0.6) is 0 Å². The number of rotatable bonds is 4. The van der Waals surface area contributed by atoms with Crippen molar-refractivity contribution in [3.05, 3.63) is 29.3 Å². The molecule has 0 aliphatic rings. The fourth-order valence-corrected chi connectivity index (χ4v) is 2.71. The topological polar surface area (TPSA) is 72.2 Å². The van der Waals surface area contributed by atoms with Crippen molar-refractivity contribution in [2.24, 2.45) is 11.7 Å². The van der Waals surface area contributed by atoms with Crippen LogP contribution in [-0.4, -0.2) is 17.2 Å². The van der Waals surface area contributed by atoms with Crippen molar-refractivity contribution in [2.75, 3.05) is 0 Å². The van der Waals surface area contributed by atoms with Crippen LogP contribution < -0.4 is 11.1 Å². The molecule has 1 aromatic rings. The Labute approximate surface area is 115 Å². The molecule has 18 heavy (non-hydrogen) atoms. The zero-order valence-electron chi connectivity index (χ0n) is 10.1. The first-order valence-electron chi connectivity index (χ1n) is 5.42. The summed E-state index contributed by atoms with van der Waals surface area (Å²) in [7, 11) is 0. The largest absolute Gasteiger partial charge is 0.351 e. The Morgan fingerprint density at radius 1 is 1.39 bits per heavy atom. The highest BCUT2D eigenvalue weighted by atomic mass is 35.5. The van der Waals surface area contributed by atoms with Gasteiger partial charge >= 0.3 is 6.03 Å². The summed E-state index contributed by atoms with van der Waals surface area (Å²) in [6, 6.07) is 6.38. The molecule has 1 unspecified atom stereocenters. The summed E-state index contributed by atoms with van der Waals surface area (Å²) < 4.78 is 0. The number of amides is 3. The number of thioether (sulfide) groups is 1. The van der Waals surface area contributed by atoms with Crippen LogP contribution in [0.3, 0.4) is 0 Å². The normalized spacial score (nSPS) is 12.2. The van der Waals surface area contributed by atoms with E-state index in [9.17, 15) is 9.59 Å². The fourth-order valence-electron chi connectivity index (χ4n) is 1.37. The summed E-state index contributed by atoms with van der Waals surface area (Å²) >= 11 is 7.24. The predicted octanol–water partition coefficient (Wildman–Crippen LogP) is 2.65. The number of benzene rings is 1. The third-order valence-electron chi connectivity index (χ3n) is 2.17. The van der Waals surface area contributed by atoms with E-state index < -0.39 is 11.3 Å². The van der Waals surface area contributed by atoms with Gasteiger partial charge in [0.1, 0.15) is 0 Å². The average Bonchev–Trinajstić information content (AvgIpc) is 2.24. The Morgan fingerprint density at radius 3 is 2.56 bits per heavy atom. The van der Waals surface area contributed by atoms with E-state index in [1.165, 1.54) is 11.8 Å². The van der Waals surface area contributed by atoms with Crippen molar-refractivity contribution < 1.29 is 9.59 Å². The molecule has 1 aromatic carbocycles. The number of hydrogen-bond donors (Lipinski definition) is 2. The number of imide groups is 1. The van der Waals surface area contributed by atoms with E-state index in [2.05, 4.69) is 5.32 Å². The molecule has 4 nitrogen and oxygen atoms in total. The molecule has 0 aromatic heterocycles. The molecule has 0 radical (unpaired) electrons. The number of carbonyl (C=O) groups is 2. The van der Waals surface area contributed by atoms with Crippen LogP contribution in [0.25, 0.3) is 0 Å². The second-order valence-corrected chi connectivity index (χ2v) is 5.74. The van der Waals surface area contributed by atoms with Crippen molar-refractivity contribution in [3.8, 4) is 0 Å². The van der Waals surface area contributed by atoms with Gasteiger partial charge in [0, 0.05) is 9.92 Å². The standard InChI is InChI=1S/C12H15ClN2O2S/c1-7(2)10(11(16)15-12(14)17)18-9-5-3-4-8(13)6-9/h3-7,10H,1-2H3,(H3,14,15,16,17). The molecule has 0 aliphatic heterocycles. The van der Waals surface area contributed by atoms with Gasteiger partial charge in [-0.15, -0.1) is 11.8 Å². The van der Waals surface area contributed by atoms with Crippen molar-refractivity contribution in [1.29, 1.82) is 0 Å². The van der Waals surface area contributed by atoms with Gasteiger partial charge in [-0.05, 0) is 24.1 Å². The van der Waals surface area contributed by atoms with E-state index in [1.54, 1.807) is 12.1 Å². The maximum atomic E-state index is 11.8. The van der Waals surface area contributed by atoms with Crippen LogP contribution in [0.2, 0.25) is 5.02 Å². The van der Waals surface area contributed by atoms with E-state index in [1.807, 2.05) is 26.0 Å². The number of nitrogens with one attached hydrogen (secondary N) is 1. The lowest BCUT2D eigenvalue weighted by molar-refractivity contribution is -0.120. The quantitative estimate of drug-likeness (QED) is 0.836. The lowest BCUT2D eigenvalue weighted by Gasteiger charge is -2.18. The third kappa shape index (κ3) is 4.58. The number of carbonyl (C=O) groups excluding carboxylic acids is 2. The van der Waals surface area contributed by atoms with Crippen LogP contribution in [0.4, 0.5) is 4.79 Å². The van der Waals surface area contributed by atoms with Crippen molar-refractivity contribution in [3.63, 3.8) is 0 Å². The fraction of sp³-hybridized carbons (Fsp3) is 0.333. The number of urea groups is 1. The lowest BCUT2D eigenvalue weighted by atomic mass is 10.1. The van der Waals surface area contributed by atoms with Crippen molar-refractivity contribution in [2.45, 2.75) is 24.0 Å². The molecule has 0 saturated carbocycles. The summed E-state index contributed by atoms with van der Waals surface area (Å²) in [5, 5.41) is 2.32. The average molecular weight is 287 g/mol. The van der Waals surface area contributed by atoms with Gasteiger partial charge in [-0.2, -0.15) is 0 Å². The van der Waals surface area contributed by atoms with Gasteiger partial charge in [0.05, 0.1) is 5.25 Å². The molecule has 0 saturated heterocycles. The molecule has 0 aliphatic carbocycles. The number of halogens is 1. The molecule has 0 heterocycles. The maximum absolute atomic E-state index is 11.8. The van der Waals surface area contributed by atoms with E-state index in [4.69, 9.17) is 17.3 Å². The second kappa shape index (κ2) is 6.66. The molecule has 0 fully saturated rings. The van der Waals surface area contributed by atoms with Gasteiger partial charge in [-0.3, -0.25) is 10.1 Å². The Hall–Kier alpha value is -1.20. The van der Waals surface area contributed by atoms with Crippen LogP contribution in [-0.2, 0) is 4.79 Å². The van der Waals surface area contributed by atoms with Gasteiger partial charge < -0.3 is 5.73 Å². The van der Waals surface area contributed by atoms with E-state index in [-0.39, 0.29) is 11.8 Å². The van der Waals surface area contributed by atoms with E-state index in [0.717, 1.165) is 4.90 Å². The Bertz CT molecular complexity index is 451. The maximum Gasteiger partial charge on any atom is 0.318 e. The first-order chi connectivity index (χ1) is 8.40. The molecular weight excluding hydrogens is 272 g/mol. The minimum absolute atomic E-state index is 0.0633. The Balaban J connectivity index is 2.80. The molecule has 1 rings (SSSR count). The summed E-state index contributed by atoms with van der Waals surface area (Å²) in [6.45, 7) is 3.81. The molecule has 1 atom stereocenters. The third-order valence-corrected chi connectivity index (χ3v) is 3.94. The summed E-state index contributed by atoms with van der Waals surface area (Å²) in [5.41, 5.74) is 4.95. The van der Waals surface area contributed by atoms with Gasteiger partial charge in [0.2, 0.25) is 5.91 Å². The van der Waals surface area contributed by atoms with E-state index in [0.29, 0.717) is 5.02 Å². The first kappa shape index (κ1) is 14.9. The zero-order valence-corrected chi connectivity index (χ0v) is 11.7. The minimum atomic E-state index is -0.836. The van der Waals surface area contributed by atoms with Gasteiger partial charge in [-0.1, -0.05) is 31.5 Å². The van der Waals surface area contributed by atoms with Gasteiger partial charge in [0.25, 0.3) is 0 Å². The molecular formula is C12H15ClN2O2S. The molecule has 3 amide bonds. The SMILES string of the molecule is CC(C)C(Sc1cccc(Cl)c1)C(=O)NC(N)=O. The summed E-state index contributed by atoms with van der Waals surface area (Å²) in [6.07, 6.45) is 0. The van der Waals surface area contributed by atoms with Crippen molar-refractivity contribution in [1.82, 2.24) is 5.32 Å². The molecule has 6 heteroatoms. The highest BCUT2D eigenvalue weighted by molar-refractivity contribution is 8.00. The number of primary amides is 1. The zero-order chi connectivity index (χ0) is 13.7. The molecule has 98 valence electrons. The minimum Gasteiger partial charge on any atom is -0.351 e. The van der Waals surface area contributed by atoms with Crippen LogP contribution >= 0.6 is 23.4 Å². The molecule has 0 bridgehead atoms. The van der Waals surface area contributed by atoms with Crippen LogP contribution in [0, 0.1) is 5.92 Å². The van der Waals surface area contributed by atoms with Crippen molar-refractivity contribution >= 4 is 35.3 Å². The highest BCUT2D eigenvalue weighted by Gasteiger charge is 2.24. The molecule has 3 N–H and O–H groups in total. The first-order valence-corrected chi connectivity index (χ1v) is 6.68. The van der Waals surface area contributed by atoms with Crippen LogP contribution in [0.15, 0.2) is 29.2 Å². The second-order valence-electron chi connectivity index (χ2n) is 4.09. The Morgan fingerprint density at radius 2 is 2.06 bits per heavy atom. The smallest absolute Gasteiger partial charge is 0.318 e. The van der Waals surface area contributed by atoms with Crippen LogP contribution in [0.1, 0.15) is 13.8 Å². The number of hydrogen-bond acceptors (Lipinski definition) is 3. The van der Waals surface area contributed by atoms with Gasteiger partial charge in [-0.25, -0.2) is 4.79 Å². The lowest BCUT2D eigenvalue weighted by Crippen LogP contribution is -2.42. The number of nitrogens with two attached hydrogens (primary N) is 1. The highest BCUT2D eigenvalue weighted by Crippen LogP contribution is 2.29. The Kier molecular flexibility index (Phi) is 5.50. The van der Waals surface area contributed by atoms with E-state index >= 15 is 0 Å². The summed E-state index contributed by atoms with van der Waals surface area (Å²) in [4.78, 5) is 23.4.